The summed E-state index contributed by atoms with van der Waals surface area (Å²) in [6.45, 7) is 2.21. The van der Waals surface area contributed by atoms with Crippen LogP contribution in [0.25, 0.3) is 0 Å². The molecule has 2 aromatic heterocycles. The second kappa shape index (κ2) is 5.28. The molecule has 2 heterocycles. The fourth-order valence-electron chi connectivity index (χ4n) is 1.57. The summed E-state index contributed by atoms with van der Waals surface area (Å²) in [6.07, 6.45) is 3.14. The lowest BCUT2D eigenvalue weighted by atomic mass is 10.2. The Morgan fingerprint density at radius 1 is 1.50 bits per heavy atom. The molecule has 7 heteroatoms. The summed E-state index contributed by atoms with van der Waals surface area (Å²) < 4.78 is 2.03. The molecular formula is C11H12BrN5O. The monoisotopic (exact) mass is 309 g/mol. The summed E-state index contributed by atoms with van der Waals surface area (Å²) in [5, 5.41) is 0. The first-order chi connectivity index (χ1) is 8.61. The molecule has 0 aliphatic rings. The molecule has 0 aliphatic heterocycles. The summed E-state index contributed by atoms with van der Waals surface area (Å²) >= 11 is 3.18. The van der Waals surface area contributed by atoms with E-state index >= 15 is 0 Å². The zero-order chi connectivity index (χ0) is 13.1. The molecule has 0 atom stereocenters. The van der Waals surface area contributed by atoms with Gasteiger partial charge < -0.3 is 5.43 Å². The van der Waals surface area contributed by atoms with Crippen molar-refractivity contribution in [3.63, 3.8) is 0 Å². The Hall–Kier alpha value is -1.73. The number of hydrogen-bond donors (Lipinski definition) is 2. The first-order valence-electron chi connectivity index (χ1n) is 5.25. The number of nitrogens with zero attached hydrogens (tertiary/aromatic N) is 3. The highest BCUT2D eigenvalue weighted by Gasteiger charge is 2.06. The van der Waals surface area contributed by atoms with Gasteiger partial charge >= 0.3 is 0 Å². The maximum absolute atomic E-state index is 12.0. The Morgan fingerprint density at radius 2 is 2.28 bits per heavy atom. The minimum atomic E-state index is -0.110. The topological polar surface area (TPSA) is 85.8 Å². The number of nitrogen functional groups attached to an aromatic ring is 1. The third kappa shape index (κ3) is 2.57. The van der Waals surface area contributed by atoms with Gasteiger partial charge in [-0.15, -0.1) is 0 Å². The molecule has 0 amide bonds. The van der Waals surface area contributed by atoms with Gasteiger partial charge in [-0.3, -0.25) is 9.36 Å². The summed E-state index contributed by atoms with van der Waals surface area (Å²) in [6, 6.07) is 3.61. The van der Waals surface area contributed by atoms with Crippen molar-refractivity contribution >= 4 is 21.7 Å². The fraction of sp³-hybridized carbons (Fsp3) is 0.182. The van der Waals surface area contributed by atoms with Crippen LogP contribution in [-0.4, -0.2) is 14.5 Å². The Kier molecular flexibility index (Phi) is 3.73. The summed E-state index contributed by atoms with van der Waals surface area (Å²) in [4.78, 5) is 20.1. The van der Waals surface area contributed by atoms with Crippen molar-refractivity contribution in [2.45, 2.75) is 13.5 Å². The van der Waals surface area contributed by atoms with Crippen molar-refractivity contribution in [3.05, 3.63) is 50.7 Å². The van der Waals surface area contributed by atoms with Crippen LogP contribution in [0.2, 0.25) is 0 Å². The third-order valence-electron chi connectivity index (χ3n) is 2.52. The van der Waals surface area contributed by atoms with Crippen LogP contribution in [0.15, 0.2) is 33.8 Å². The standard InChI is InChI=1S/C11H12BrN5O/c1-7-15-5-9(12)11(18)17(7)6-8-2-3-14-10(4-8)16-13/h2-5H,6,13H2,1H3,(H,14,16). The second-order valence-electron chi connectivity index (χ2n) is 3.74. The number of anilines is 1. The number of halogens is 1. The SMILES string of the molecule is Cc1ncc(Br)c(=O)n1Cc1ccnc(NN)c1. The number of nitrogens with two attached hydrogens (primary N) is 1. The van der Waals surface area contributed by atoms with E-state index in [1.807, 2.05) is 6.07 Å². The van der Waals surface area contributed by atoms with Gasteiger partial charge in [0.15, 0.2) is 0 Å². The molecule has 2 rings (SSSR count). The Morgan fingerprint density at radius 3 is 3.00 bits per heavy atom. The zero-order valence-electron chi connectivity index (χ0n) is 9.72. The highest BCUT2D eigenvalue weighted by molar-refractivity contribution is 9.10. The van der Waals surface area contributed by atoms with Crippen LogP contribution in [0, 0.1) is 6.92 Å². The number of rotatable bonds is 3. The Bertz CT molecular complexity index is 625. The number of aryl methyl sites for hydroxylation is 1. The van der Waals surface area contributed by atoms with E-state index in [9.17, 15) is 4.79 Å². The Labute approximate surface area is 112 Å². The van der Waals surface area contributed by atoms with Gasteiger partial charge in [-0.2, -0.15) is 0 Å². The van der Waals surface area contributed by atoms with Crippen LogP contribution < -0.4 is 16.8 Å². The molecule has 0 unspecified atom stereocenters. The molecule has 0 fully saturated rings. The molecule has 2 aromatic rings. The van der Waals surface area contributed by atoms with E-state index in [0.29, 0.717) is 22.7 Å². The average Bonchev–Trinajstić information content (AvgIpc) is 2.39. The highest BCUT2D eigenvalue weighted by atomic mass is 79.9. The molecule has 0 spiro atoms. The number of hydrazine groups is 1. The maximum atomic E-state index is 12.0. The molecule has 0 saturated heterocycles. The fourth-order valence-corrected chi connectivity index (χ4v) is 1.89. The molecule has 94 valence electrons. The minimum absolute atomic E-state index is 0.110. The minimum Gasteiger partial charge on any atom is -0.308 e. The lowest BCUT2D eigenvalue weighted by molar-refractivity contribution is 0.695. The van der Waals surface area contributed by atoms with Crippen LogP contribution in [0.5, 0.6) is 0 Å². The van der Waals surface area contributed by atoms with Gasteiger partial charge in [-0.1, -0.05) is 0 Å². The smallest absolute Gasteiger partial charge is 0.268 e. The lowest BCUT2D eigenvalue weighted by Crippen LogP contribution is -2.24. The van der Waals surface area contributed by atoms with Crippen molar-refractivity contribution in [1.29, 1.82) is 0 Å². The van der Waals surface area contributed by atoms with Crippen LogP contribution in [0.3, 0.4) is 0 Å². The van der Waals surface area contributed by atoms with Gasteiger partial charge in [-0.05, 0) is 40.5 Å². The van der Waals surface area contributed by atoms with Gasteiger partial charge in [-0.25, -0.2) is 15.8 Å². The second-order valence-corrected chi connectivity index (χ2v) is 4.59. The highest BCUT2D eigenvalue weighted by Crippen LogP contribution is 2.08. The number of aromatic nitrogens is 3. The molecule has 0 aliphatic carbocycles. The number of pyridine rings is 1. The third-order valence-corrected chi connectivity index (χ3v) is 3.06. The van der Waals surface area contributed by atoms with E-state index in [4.69, 9.17) is 5.84 Å². The molecular weight excluding hydrogens is 298 g/mol. The number of hydrogen-bond acceptors (Lipinski definition) is 5. The van der Waals surface area contributed by atoms with E-state index < -0.39 is 0 Å². The van der Waals surface area contributed by atoms with Crippen molar-refractivity contribution in [3.8, 4) is 0 Å². The van der Waals surface area contributed by atoms with E-state index in [2.05, 4.69) is 31.3 Å². The van der Waals surface area contributed by atoms with Gasteiger partial charge in [0.25, 0.3) is 5.56 Å². The van der Waals surface area contributed by atoms with E-state index in [-0.39, 0.29) is 5.56 Å². The van der Waals surface area contributed by atoms with Crippen molar-refractivity contribution in [2.75, 3.05) is 5.43 Å². The molecule has 6 nitrogen and oxygen atoms in total. The normalized spacial score (nSPS) is 10.4. The maximum Gasteiger partial charge on any atom is 0.268 e. The van der Waals surface area contributed by atoms with Gasteiger partial charge in [0.2, 0.25) is 0 Å². The van der Waals surface area contributed by atoms with Crippen molar-refractivity contribution < 1.29 is 0 Å². The van der Waals surface area contributed by atoms with Crippen LogP contribution in [-0.2, 0) is 6.54 Å². The molecule has 0 saturated carbocycles. The largest absolute Gasteiger partial charge is 0.308 e. The predicted octanol–water partition coefficient (Wildman–Crippen LogP) is 1.04. The first-order valence-corrected chi connectivity index (χ1v) is 6.04. The van der Waals surface area contributed by atoms with Crippen molar-refractivity contribution in [1.82, 2.24) is 14.5 Å². The molecule has 0 bridgehead atoms. The van der Waals surface area contributed by atoms with E-state index in [1.165, 1.54) is 6.20 Å². The zero-order valence-corrected chi connectivity index (χ0v) is 11.3. The lowest BCUT2D eigenvalue weighted by Gasteiger charge is -2.10. The van der Waals surface area contributed by atoms with Crippen LogP contribution >= 0.6 is 15.9 Å². The van der Waals surface area contributed by atoms with Gasteiger partial charge in [0.05, 0.1) is 6.54 Å². The van der Waals surface area contributed by atoms with Crippen molar-refractivity contribution in [2.24, 2.45) is 5.84 Å². The molecule has 0 aromatic carbocycles. The van der Waals surface area contributed by atoms with E-state index in [0.717, 1.165) is 5.56 Å². The predicted molar refractivity (Wildman–Crippen MR) is 72.1 cm³/mol. The Balaban J connectivity index is 2.40. The van der Waals surface area contributed by atoms with Crippen LogP contribution in [0.4, 0.5) is 5.82 Å². The van der Waals surface area contributed by atoms with Gasteiger partial charge in [0.1, 0.15) is 16.1 Å². The molecule has 0 radical (unpaired) electrons. The molecule has 3 N–H and O–H groups in total. The van der Waals surface area contributed by atoms with Crippen LogP contribution in [0.1, 0.15) is 11.4 Å². The average molecular weight is 310 g/mol. The summed E-state index contributed by atoms with van der Waals surface area (Å²) in [5.74, 6) is 6.51. The number of nitrogens with one attached hydrogen (secondary N) is 1. The van der Waals surface area contributed by atoms with E-state index in [1.54, 1.807) is 23.8 Å². The first kappa shape index (κ1) is 12.7. The molecule has 18 heavy (non-hydrogen) atoms. The summed E-state index contributed by atoms with van der Waals surface area (Å²) in [7, 11) is 0. The summed E-state index contributed by atoms with van der Waals surface area (Å²) in [5.41, 5.74) is 3.28. The van der Waals surface area contributed by atoms with Gasteiger partial charge in [0, 0.05) is 12.4 Å². The quantitative estimate of drug-likeness (QED) is 0.653.